The number of halogens is 2. The zero-order chi connectivity index (χ0) is 36.1. The highest BCUT2D eigenvalue weighted by molar-refractivity contribution is 8.00. The molecule has 0 bridgehead atoms. The van der Waals surface area contributed by atoms with Crippen molar-refractivity contribution in [1.29, 1.82) is 0 Å². The molecule has 5 aromatic rings. The van der Waals surface area contributed by atoms with Gasteiger partial charge in [-0.2, -0.15) is 0 Å². The first kappa shape index (κ1) is 35.3. The fraction of sp³-hybridized carbons (Fsp3) is 0.0750. The lowest BCUT2D eigenvalue weighted by molar-refractivity contribution is -0.116. The maximum absolute atomic E-state index is 13.6. The van der Waals surface area contributed by atoms with Crippen molar-refractivity contribution in [3.63, 3.8) is 0 Å². The van der Waals surface area contributed by atoms with Gasteiger partial charge in [-0.25, -0.2) is 0 Å². The number of amides is 3. The lowest BCUT2D eigenvalue weighted by Crippen LogP contribution is -2.30. The van der Waals surface area contributed by atoms with Crippen LogP contribution in [0.1, 0.15) is 61.1 Å². The Bertz CT molecular complexity index is 2240. The Hall–Kier alpha value is -5.48. The molecular formula is C40H29Cl2N3O5S. The smallest absolute Gasteiger partial charge is 0.272 e. The van der Waals surface area contributed by atoms with E-state index in [4.69, 9.17) is 23.2 Å². The molecule has 8 nitrogen and oxygen atoms in total. The van der Waals surface area contributed by atoms with Crippen molar-refractivity contribution in [1.82, 2.24) is 5.32 Å². The molecule has 3 N–H and O–H groups in total. The lowest BCUT2D eigenvalue weighted by atomic mass is 9.83. The summed E-state index contributed by atoms with van der Waals surface area (Å²) in [6.07, 6.45) is 1.90. The van der Waals surface area contributed by atoms with Gasteiger partial charge in [-0.05, 0) is 66.6 Å². The normalized spacial score (nSPS) is 12.7. The van der Waals surface area contributed by atoms with Gasteiger partial charge in [0.15, 0.2) is 11.6 Å². The molecule has 0 saturated heterocycles. The summed E-state index contributed by atoms with van der Waals surface area (Å²) in [6.45, 7) is 1.86. The van der Waals surface area contributed by atoms with Crippen LogP contribution in [0.4, 0.5) is 11.4 Å². The highest BCUT2D eigenvalue weighted by Crippen LogP contribution is 2.34. The Morgan fingerprint density at radius 1 is 0.745 bits per heavy atom. The third kappa shape index (κ3) is 7.97. The molecule has 11 heteroatoms. The highest BCUT2D eigenvalue weighted by atomic mass is 35.5. The number of nitrogens with one attached hydrogen (secondary N) is 3. The van der Waals surface area contributed by atoms with E-state index in [-0.39, 0.29) is 40.0 Å². The minimum atomic E-state index is -0.605. The second-order valence-corrected chi connectivity index (χ2v) is 13.6. The zero-order valence-electron chi connectivity index (χ0n) is 27.0. The number of ketones is 2. The molecule has 1 atom stereocenters. The molecule has 1 aliphatic rings. The van der Waals surface area contributed by atoms with E-state index >= 15 is 0 Å². The zero-order valence-corrected chi connectivity index (χ0v) is 29.4. The Balaban J connectivity index is 1.19. The SMILES string of the molecule is CCC(Sc1cccc(NC(=O)/C(=C\c2ccc(Cl)cc2Cl)NC(=O)c2ccccc2)c1)C(=O)Nc1cccc2c1C(=O)c1ccccc1C2=O. The lowest BCUT2D eigenvalue weighted by Gasteiger charge is -2.21. The summed E-state index contributed by atoms with van der Waals surface area (Å²) < 4.78 is 0. The van der Waals surface area contributed by atoms with E-state index < -0.39 is 17.1 Å². The second kappa shape index (κ2) is 15.6. The van der Waals surface area contributed by atoms with Crippen LogP contribution in [0.2, 0.25) is 10.0 Å². The van der Waals surface area contributed by atoms with E-state index in [2.05, 4.69) is 16.0 Å². The molecule has 0 aromatic heterocycles. The van der Waals surface area contributed by atoms with Crippen molar-refractivity contribution in [3.8, 4) is 0 Å². The Kier molecular flexibility index (Phi) is 10.8. The maximum Gasteiger partial charge on any atom is 0.272 e. The molecule has 5 aromatic carbocycles. The van der Waals surface area contributed by atoms with Gasteiger partial charge >= 0.3 is 0 Å². The minimum Gasteiger partial charge on any atom is -0.324 e. The molecule has 3 amide bonds. The fourth-order valence-electron chi connectivity index (χ4n) is 5.51. The van der Waals surface area contributed by atoms with Gasteiger partial charge in [-0.1, -0.05) is 96.9 Å². The average molecular weight is 735 g/mol. The number of hydrogen-bond acceptors (Lipinski definition) is 6. The second-order valence-electron chi connectivity index (χ2n) is 11.5. The Morgan fingerprint density at radius 3 is 2.16 bits per heavy atom. The molecule has 1 unspecified atom stereocenters. The number of anilines is 2. The number of carbonyl (C=O) groups excluding carboxylic acids is 5. The van der Waals surface area contributed by atoms with Crippen LogP contribution in [-0.2, 0) is 9.59 Å². The van der Waals surface area contributed by atoms with Crippen molar-refractivity contribution in [2.45, 2.75) is 23.5 Å². The first-order valence-corrected chi connectivity index (χ1v) is 17.5. The molecule has 0 spiro atoms. The summed E-state index contributed by atoms with van der Waals surface area (Å²) in [6, 6.07) is 31.7. The molecule has 6 rings (SSSR count). The van der Waals surface area contributed by atoms with Gasteiger partial charge in [-0.15, -0.1) is 11.8 Å². The van der Waals surface area contributed by atoms with Crippen LogP contribution in [0.15, 0.2) is 126 Å². The summed E-state index contributed by atoms with van der Waals surface area (Å²) in [5, 5.41) is 8.52. The van der Waals surface area contributed by atoms with Gasteiger partial charge in [0.1, 0.15) is 5.70 Å². The highest BCUT2D eigenvalue weighted by Gasteiger charge is 2.32. The van der Waals surface area contributed by atoms with E-state index in [0.717, 1.165) is 0 Å². The van der Waals surface area contributed by atoms with Crippen LogP contribution in [0.5, 0.6) is 0 Å². The van der Waals surface area contributed by atoms with Gasteiger partial charge in [0, 0.05) is 42.9 Å². The van der Waals surface area contributed by atoms with E-state index in [9.17, 15) is 24.0 Å². The van der Waals surface area contributed by atoms with Gasteiger partial charge in [0.2, 0.25) is 5.91 Å². The summed E-state index contributed by atoms with van der Waals surface area (Å²) >= 11 is 13.7. The molecule has 0 fully saturated rings. The number of fused-ring (bicyclic) bond motifs is 2. The molecule has 0 saturated carbocycles. The number of carbonyl (C=O) groups is 5. The predicted molar refractivity (Wildman–Crippen MR) is 202 cm³/mol. The van der Waals surface area contributed by atoms with E-state index in [0.29, 0.717) is 49.3 Å². The molecule has 0 heterocycles. The van der Waals surface area contributed by atoms with Crippen molar-refractivity contribution < 1.29 is 24.0 Å². The standard InChI is InChI=1S/C40H29Cl2N3O5S/c1-2-34(40(50)44-32-17-9-16-30-35(32)37(47)29-15-7-6-14-28(29)36(30)46)51-27-13-8-12-26(22-27)43-39(49)33(20-24-18-19-25(41)21-31(24)42)45-38(48)23-10-4-3-5-11-23/h3-22,34H,2H2,1H3,(H,43,49)(H,44,50)(H,45,48)/b33-20+. The van der Waals surface area contributed by atoms with E-state index in [1.54, 1.807) is 109 Å². The van der Waals surface area contributed by atoms with E-state index in [1.165, 1.54) is 23.9 Å². The van der Waals surface area contributed by atoms with Gasteiger partial charge in [0.25, 0.3) is 11.8 Å². The number of thioether (sulfide) groups is 1. The summed E-state index contributed by atoms with van der Waals surface area (Å²) in [7, 11) is 0. The van der Waals surface area contributed by atoms with Crippen LogP contribution >= 0.6 is 35.0 Å². The largest absolute Gasteiger partial charge is 0.324 e. The van der Waals surface area contributed by atoms with Gasteiger partial charge in [0.05, 0.1) is 16.5 Å². The van der Waals surface area contributed by atoms with E-state index in [1.807, 2.05) is 6.92 Å². The number of rotatable bonds is 10. The molecule has 0 radical (unpaired) electrons. The quantitative estimate of drug-likeness (QED) is 0.0957. The Labute approximate surface area is 308 Å². The third-order valence-corrected chi connectivity index (χ3v) is 9.96. The Morgan fingerprint density at radius 2 is 1.43 bits per heavy atom. The van der Waals surface area contributed by atoms with Crippen molar-refractivity contribution in [2.75, 3.05) is 10.6 Å². The molecule has 254 valence electrons. The van der Waals surface area contributed by atoms with Gasteiger partial charge in [-0.3, -0.25) is 24.0 Å². The van der Waals surface area contributed by atoms with Crippen molar-refractivity contribution in [2.24, 2.45) is 0 Å². The molecule has 1 aliphatic carbocycles. The monoisotopic (exact) mass is 733 g/mol. The van der Waals surface area contributed by atoms with Crippen molar-refractivity contribution in [3.05, 3.63) is 164 Å². The first-order valence-electron chi connectivity index (χ1n) is 15.9. The van der Waals surface area contributed by atoms with Crippen LogP contribution in [0, 0.1) is 0 Å². The van der Waals surface area contributed by atoms with Crippen molar-refractivity contribution >= 4 is 81.7 Å². The van der Waals surface area contributed by atoms with Crippen LogP contribution in [-0.4, -0.2) is 34.5 Å². The van der Waals surface area contributed by atoms with Crippen LogP contribution in [0.25, 0.3) is 6.08 Å². The summed E-state index contributed by atoms with van der Waals surface area (Å²) in [5.74, 6) is -2.04. The third-order valence-electron chi connectivity index (χ3n) is 8.03. The maximum atomic E-state index is 13.6. The molecular weight excluding hydrogens is 705 g/mol. The molecule has 51 heavy (non-hydrogen) atoms. The topological polar surface area (TPSA) is 121 Å². The van der Waals surface area contributed by atoms with Crippen LogP contribution in [0.3, 0.4) is 0 Å². The van der Waals surface area contributed by atoms with Crippen LogP contribution < -0.4 is 16.0 Å². The molecule has 0 aliphatic heterocycles. The van der Waals surface area contributed by atoms with Gasteiger partial charge < -0.3 is 16.0 Å². The first-order chi connectivity index (χ1) is 24.6. The average Bonchev–Trinajstić information content (AvgIpc) is 3.14. The fourth-order valence-corrected chi connectivity index (χ4v) is 6.99. The summed E-state index contributed by atoms with van der Waals surface area (Å²) in [4.78, 5) is 67.6. The summed E-state index contributed by atoms with van der Waals surface area (Å²) in [5.41, 5.74) is 2.50. The number of hydrogen-bond donors (Lipinski definition) is 3. The predicted octanol–water partition coefficient (Wildman–Crippen LogP) is 8.69. The number of benzene rings is 5. The minimum absolute atomic E-state index is 0.0567.